The van der Waals surface area contributed by atoms with Gasteiger partial charge in [0.2, 0.25) is 0 Å². The van der Waals surface area contributed by atoms with E-state index in [1.165, 1.54) is 22.7 Å². The molecule has 6 aromatic rings. The van der Waals surface area contributed by atoms with Gasteiger partial charge in [0.1, 0.15) is 36.9 Å². The first-order chi connectivity index (χ1) is 23.9. The summed E-state index contributed by atoms with van der Waals surface area (Å²) >= 11 is 2.70. The Balaban J connectivity index is 0.000000178. The molecule has 7 rings (SSSR count). The number of rotatable bonds is 8. The van der Waals surface area contributed by atoms with Gasteiger partial charge in [0.25, 0.3) is 0 Å². The van der Waals surface area contributed by atoms with Crippen molar-refractivity contribution >= 4 is 68.3 Å². The fraction of sp³-hybridized carbons (Fsp3) is 0.222. The number of aromatic nitrogens is 2. The monoisotopic (exact) mass is 702 g/mol. The molecule has 0 spiro atoms. The smallest absolute Gasteiger partial charge is 0.489 e. The van der Waals surface area contributed by atoms with E-state index < -0.39 is 7.12 Å². The lowest BCUT2D eigenvalue weighted by Crippen LogP contribution is -2.41. The Morgan fingerprint density at radius 3 is 1.56 bits per heavy atom. The molecular formula is C36H32B2N4O6S2. The van der Waals surface area contributed by atoms with Gasteiger partial charge >= 0.3 is 14.2 Å². The van der Waals surface area contributed by atoms with Crippen molar-refractivity contribution in [3.05, 3.63) is 106 Å². The number of hydrogen-bond acceptors (Lipinski definition) is 12. The van der Waals surface area contributed by atoms with Gasteiger partial charge in [0.05, 0.1) is 31.6 Å². The highest BCUT2D eigenvalue weighted by atomic mass is 32.1. The molecule has 1 fully saturated rings. The molecule has 2 aromatic heterocycles. The molecule has 0 atom stereocenters. The topological polar surface area (TPSA) is 151 Å². The lowest BCUT2D eigenvalue weighted by Gasteiger charge is -2.32. The van der Waals surface area contributed by atoms with Crippen molar-refractivity contribution < 1.29 is 28.8 Å². The zero-order valence-corrected chi connectivity index (χ0v) is 29.4. The third-order valence-electron chi connectivity index (χ3n) is 8.51. The van der Waals surface area contributed by atoms with Gasteiger partial charge < -0.3 is 28.8 Å². The first kappa shape index (κ1) is 35.1. The van der Waals surface area contributed by atoms with Crippen LogP contribution in [0.2, 0.25) is 0 Å². The molecule has 0 radical (unpaired) electrons. The lowest BCUT2D eigenvalue weighted by molar-refractivity contribution is 0.00578. The third-order valence-corrected chi connectivity index (χ3v) is 10.4. The first-order valence-electron chi connectivity index (χ1n) is 15.7. The van der Waals surface area contributed by atoms with Crippen molar-refractivity contribution in [3.8, 4) is 23.6 Å². The fourth-order valence-electron chi connectivity index (χ4n) is 4.95. The van der Waals surface area contributed by atoms with E-state index in [0.717, 1.165) is 42.8 Å². The molecule has 0 saturated carbocycles. The van der Waals surface area contributed by atoms with Crippen LogP contribution in [0, 0.1) is 22.7 Å². The number of benzene rings is 4. The minimum Gasteiger partial charge on any atom is -0.489 e. The molecular weight excluding hydrogens is 670 g/mol. The van der Waals surface area contributed by atoms with E-state index in [-0.39, 0.29) is 18.3 Å². The summed E-state index contributed by atoms with van der Waals surface area (Å²) < 4.78 is 25.7. The summed E-state index contributed by atoms with van der Waals surface area (Å²) in [5.74, 6) is 1.46. The van der Waals surface area contributed by atoms with Gasteiger partial charge in [-0.1, -0.05) is 48.5 Å². The van der Waals surface area contributed by atoms with Crippen LogP contribution in [-0.2, 0) is 22.5 Å². The Labute approximate surface area is 298 Å². The molecule has 250 valence electrons. The van der Waals surface area contributed by atoms with Crippen LogP contribution < -0.4 is 20.4 Å². The van der Waals surface area contributed by atoms with Gasteiger partial charge in [-0.05, 0) is 86.1 Å². The summed E-state index contributed by atoms with van der Waals surface area (Å²) in [5, 5.41) is 36.8. The molecule has 1 saturated heterocycles. The first-order valence-corrected chi connectivity index (χ1v) is 17.3. The van der Waals surface area contributed by atoms with E-state index >= 15 is 0 Å². The predicted molar refractivity (Wildman–Crippen MR) is 196 cm³/mol. The molecule has 10 nitrogen and oxygen atoms in total. The van der Waals surface area contributed by atoms with Crippen molar-refractivity contribution in [2.24, 2.45) is 0 Å². The van der Waals surface area contributed by atoms with Crippen LogP contribution in [0.25, 0.3) is 20.4 Å². The second kappa shape index (κ2) is 14.6. The summed E-state index contributed by atoms with van der Waals surface area (Å²) in [7, 11) is -1.82. The van der Waals surface area contributed by atoms with E-state index in [4.69, 9.17) is 39.4 Å². The van der Waals surface area contributed by atoms with E-state index in [1.54, 1.807) is 24.3 Å². The van der Waals surface area contributed by atoms with Gasteiger partial charge in [-0.15, -0.1) is 22.7 Å². The van der Waals surface area contributed by atoms with Gasteiger partial charge in [-0.3, -0.25) is 0 Å². The minimum absolute atomic E-state index is 0.347. The Morgan fingerprint density at radius 1 is 0.700 bits per heavy atom. The third kappa shape index (κ3) is 7.98. The summed E-state index contributed by atoms with van der Waals surface area (Å²) in [5.41, 5.74) is 4.33. The Kier molecular flexibility index (Phi) is 10.2. The zero-order valence-electron chi connectivity index (χ0n) is 27.8. The number of ether oxygens (including phenoxy) is 2. The summed E-state index contributed by atoms with van der Waals surface area (Å²) in [4.78, 5) is 8.41. The van der Waals surface area contributed by atoms with Crippen LogP contribution in [0.3, 0.4) is 0 Å². The van der Waals surface area contributed by atoms with Crippen LogP contribution in [0.1, 0.15) is 48.8 Å². The van der Waals surface area contributed by atoms with Crippen molar-refractivity contribution in [2.45, 2.75) is 52.1 Å². The highest BCUT2D eigenvalue weighted by Crippen LogP contribution is 2.36. The zero-order chi connectivity index (χ0) is 35.5. The van der Waals surface area contributed by atoms with Crippen LogP contribution >= 0.6 is 22.7 Å². The summed E-state index contributed by atoms with van der Waals surface area (Å²) in [6, 6.07) is 30.3. The van der Waals surface area contributed by atoms with E-state index in [2.05, 4.69) is 43.7 Å². The van der Waals surface area contributed by atoms with Crippen LogP contribution in [0.5, 0.6) is 11.5 Å². The number of fused-ring (bicyclic) bond motifs is 2. The predicted octanol–water partition coefficient (Wildman–Crippen LogP) is 5.47. The maximum absolute atomic E-state index is 9.04. The Hall–Kier alpha value is -4.79. The Bertz CT molecular complexity index is 2190. The second-order valence-corrected chi connectivity index (χ2v) is 14.6. The van der Waals surface area contributed by atoms with Crippen LogP contribution in [0.15, 0.2) is 84.9 Å². The summed E-state index contributed by atoms with van der Waals surface area (Å²) in [6.45, 7) is 9.03. The average molecular weight is 702 g/mol. The minimum atomic E-state index is -1.46. The van der Waals surface area contributed by atoms with Gasteiger partial charge in [0, 0.05) is 0 Å². The number of nitrogens with zero attached hydrogens (tertiary/aromatic N) is 4. The maximum Gasteiger partial charge on any atom is 0.494 e. The largest absolute Gasteiger partial charge is 0.494 e. The van der Waals surface area contributed by atoms with E-state index in [0.29, 0.717) is 34.4 Å². The fourth-order valence-corrected chi connectivity index (χ4v) is 6.54. The van der Waals surface area contributed by atoms with Gasteiger partial charge in [-0.25, -0.2) is 9.97 Å². The van der Waals surface area contributed by atoms with Gasteiger partial charge in [0.15, 0.2) is 10.0 Å². The van der Waals surface area contributed by atoms with Crippen LogP contribution in [0.4, 0.5) is 0 Å². The molecule has 1 aliphatic rings. The number of thiazole rings is 2. The van der Waals surface area contributed by atoms with Crippen molar-refractivity contribution in [2.75, 3.05) is 0 Å². The molecule has 50 heavy (non-hydrogen) atoms. The quantitative estimate of drug-likeness (QED) is 0.196. The normalized spacial score (nSPS) is 14.4. The van der Waals surface area contributed by atoms with E-state index in [9.17, 15) is 0 Å². The molecule has 0 unspecified atom stereocenters. The van der Waals surface area contributed by atoms with E-state index in [1.807, 2.05) is 66.7 Å². The molecule has 0 amide bonds. The van der Waals surface area contributed by atoms with Crippen LogP contribution in [-0.4, -0.2) is 45.5 Å². The molecule has 3 heterocycles. The molecule has 2 N–H and O–H groups in total. The lowest BCUT2D eigenvalue weighted by atomic mass is 9.79. The molecule has 14 heteroatoms. The van der Waals surface area contributed by atoms with Crippen molar-refractivity contribution in [3.63, 3.8) is 0 Å². The molecule has 1 aliphatic heterocycles. The second-order valence-electron chi connectivity index (χ2n) is 12.5. The van der Waals surface area contributed by atoms with Crippen molar-refractivity contribution in [1.82, 2.24) is 9.97 Å². The highest BCUT2D eigenvalue weighted by molar-refractivity contribution is 7.19. The number of nitriles is 2. The molecule has 0 aliphatic carbocycles. The SMILES string of the molecule is CC1(C)OB(c2ccc(COc3ccc4nc(C#N)sc4c3)cc2)OC1(C)C.N#Cc1nc2ccc(OCc3ccc(B(O)O)cc3)cc2s1. The summed E-state index contributed by atoms with van der Waals surface area (Å²) in [6.07, 6.45) is 0. The Morgan fingerprint density at radius 2 is 1.14 bits per heavy atom. The molecule has 4 aromatic carbocycles. The standard InChI is InChI=1S/C21H21BN2O3S.C15H11BN2O3S/c1-20(2)21(3,4)27-22(26-20)15-7-5-14(6-8-15)13-25-16-9-10-17-18(11-16)28-19(12-23)24-17;17-8-15-18-13-6-5-12(7-14(13)22-15)21-9-10-1-3-11(4-2-10)16(19)20/h5-11H,13H2,1-4H3;1-7,19-20H,9H2. The molecule has 0 bridgehead atoms. The van der Waals surface area contributed by atoms with Gasteiger partial charge in [-0.2, -0.15) is 10.5 Å². The van der Waals surface area contributed by atoms with Crippen molar-refractivity contribution in [1.29, 1.82) is 10.5 Å². The average Bonchev–Trinajstić information content (AvgIpc) is 3.78. The maximum atomic E-state index is 9.04. The number of hydrogen-bond donors (Lipinski definition) is 2. The highest BCUT2D eigenvalue weighted by Gasteiger charge is 2.51.